The van der Waals surface area contributed by atoms with Gasteiger partial charge in [0.2, 0.25) is 17.6 Å². The van der Waals surface area contributed by atoms with E-state index in [-0.39, 0.29) is 5.88 Å². The molecule has 0 amide bonds. The van der Waals surface area contributed by atoms with Crippen molar-refractivity contribution in [1.82, 2.24) is 14.9 Å². The topological polar surface area (TPSA) is 65.9 Å². The number of aliphatic imine (C=N–C) groups is 1. The van der Waals surface area contributed by atoms with Crippen LogP contribution in [0, 0.1) is 17.6 Å². The number of amidine groups is 1. The Kier molecular flexibility index (Phi) is 5.95. The van der Waals surface area contributed by atoms with Gasteiger partial charge in [0.05, 0.1) is 6.54 Å². The molecular formula is C27H30F2N6O. The van der Waals surface area contributed by atoms with Crippen LogP contribution < -0.4 is 15.0 Å². The van der Waals surface area contributed by atoms with Gasteiger partial charge in [0.25, 0.3) is 0 Å². The van der Waals surface area contributed by atoms with E-state index in [1.54, 1.807) is 12.1 Å². The summed E-state index contributed by atoms with van der Waals surface area (Å²) in [6, 6.07) is 3.00. The molecule has 2 aliphatic carbocycles. The predicted octanol–water partition coefficient (Wildman–Crippen LogP) is 4.81. The van der Waals surface area contributed by atoms with Crippen molar-refractivity contribution < 1.29 is 13.5 Å². The van der Waals surface area contributed by atoms with Crippen LogP contribution in [0.15, 0.2) is 34.3 Å². The lowest BCUT2D eigenvalue weighted by molar-refractivity contribution is 0.312. The number of ether oxygens (including phenoxy) is 1. The van der Waals surface area contributed by atoms with E-state index in [0.717, 1.165) is 31.8 Å². The number of fused-ring (bicyclic) bond motifs is 1. The highest BCUT2D eigenvalue weighted by atomic mass is 19.1. The van der Waals surface area contributed by atoms with E-state index in [1.165, 1.54) is 30.9 Å². The third-order valence-corrected chi connectivity index (χ3v) is 7.51. The average Bonchev–Trinajstić information content (AvgIpc) is 3.41. The maximum absolute atomic E-state index is 15.3. The fourth-order valence-electron chi connectivity index (χ4n) is 5.14. The Balaban J connectivity index is 1.31. The van der Waals surface area contributed by atoms with Crippen LogP contribution in [0.1, 0.15) is 37.3 Å². The molecule has 2 aromatic rings. The minimum Gasteiger partial charge on any atom is -0.433 e. The van der Waals surface area contributed by atoms with E-state index in [0.29, 0.717) is 47.6 Å². The third-order valence-electron chi connectivity index (χ3n) is 7.51. The van der Waals surface area contributed by atoms with Gasteiger partial charge in [0.15, 0.2) is 11.6 Å². The number of halogens is 2. The van der Waals surface area contributed by atoms with Gasteiger partial charge < -0.3 is 19.9 Å². The number of anilines is 2. The minimum absolute atomic E-state index is 0.0830. The van der Waals surface area contributed by atoms with E-state index in [4.69, 9.17) is 9.72 Å². The number of piperazine rings is 1. The van der Waals surface area contributed by atoms with Gasteiger partial charge in [-0.25, -0.2) is 8.78 Å². The van der Waals surface area contributed by atoms with Gasteiger partial charge in [-0.15, -0.1) is 0 Å². The predicted molar refractivity (Wildman–Crippen MR) is 137 cm³/mol. The molecule has 1 saturated heterocycles. The van der Waals surface area contributed by atoms with Gasteiger partial charge in [0, 0.05) is 37.8 Å². The maximum atomic E-state index is 15.3. The molecule has 1 N–H and O–H groups in total. The highest BCUT2D eigenvalue weighted by Crippen LogP contribution is 2.37. The van der Waals surface area contributed by atoms with Crippen molar-refractivity contribution in [2.45, 2.75) is 32.6 Å². The summed E-state index contributed by atoms with van der Waals surface area (Å²) in [6.45, 7) is 5.94. The summed E-state index contributed by atoms with van der Waals surface area (Å²) >= 11 is 0. The molecule has 7 nitrogen and oxygen atoms in total. The molecule has 9 heteroatoms. The number of nitrogens with one attached hydrogen (secondary N) is 1. The quantitative estimate of drug-likeness (QED) is 0.646. The highest BCUT2D eigenvalue weighted by molar-refractivity contribution is 6.04. The van der Waals surface area contributed by atoms with Crippen LogP contribution in [0.3, 0.4) is 0 Å². The lowest BCUT2D eigenvalue weighted by Gasteiger charge is -2.33. The Labute approximate surface area is 209 Å². The number of hydrogen-bond donors (Lipinski definition) is 1. The van der Waals surface area contributed by atoms with E-state index in [9.17, 15) is 4.39 Å². The van der Waals surface area contributed by atoms with Gasteiger partial charge in [-0.05, 0) is 62.4 Å². The monoisotopic (exact) mass is 492 g/mol. The number of likely N-dealkylation sites (N-methyl/N-ethyl adjacent to an activating group) is 1. The summed E-state index contributed by atoms with van der Waals surface area (Å²) in [6.07, 6.45) is 8.06. The van der Waals surface area contributed by atoms with E-state index in [2.05, 4.69) is 38.2 Å². The lowest BCUT2D eigenvalue weighted by Crippen LogP contribution is -2.44. The molecule has 3 heterocycles. The zero-order valence-electron chi connectivity index (χ0n) is 20.7. The van der Waals surface area contributed by atoms with Crippen molar-refractivity contribution in [3.63, 3.8) is 0 Å². The molecule has 0 spiro atoms. The number of nitrogens with zero attached hydrogens (tertiary/aromatic N) is 5. The Morgan fingerprint density at radius 2 is 1.86 bits per heavy atom. The molecule has 2 fully saturated rings. The molecule has 0 bridgehead atoms. The SMILES string of the molecule is CC1=Cc2c(cc(F)c(Oc3cc(N4CCN(C)CC4)nc(NC4=NCC(C5CCC5)=C4)n3)c2F)C1. The zero-order valence-corrected chi connectivity index (χ0v) is 20.7. The molecule has 0 radical (unpaired) electrons. The minimum atomic E-state index is -0.739. The van der Waals surface area contributed by atoms with Crippen molar-refractivity contribution in [3.05, 3.63) is 52.1 Å². The molecule has 1 aromatic carbocycles. The fraction of sp³-hybridized carbons (Fsp3) is 0.444. The Hall–Kier alpha value is -3.33. The molecule has 1 saturated carbocycles. The molecule has 0 unspecified atom stereocenters. The second-order valence-electron chi connectivity index (χ2n) is 10.2. The second kappa shape index (κ2) is 9.28. The molecule has 0 atom stereocenters. The summed E-state index contributed by atoms with van der Waals surface area (Å²) in [5.41, 5.74) is 3.33. The van der Waals surface area contributed by atoms with Gasteiger partial charge in [-0.2, -0.15) is 9.97 Å². The van der Waals surface area contributed by atoms with Crippen molar-refractivity contribution in [3.8, 4) is 11.6 Å². The van der Waals surface area contributed by atoms with Gasteiger partial charge in [0.1, 0.15) is 11.7 Å². The molecule has 2 aliphatic heterocycles. The van der Waals surface area contributed by atoms with Crippen molar-refractivity contribution in [1.29, 1.82) is 0 Å². The van der Waals surface area contributed by atoms with Crippen LogP contribution in [0.4, 0.5) is 20.5 Å². The van der Waals surface area contributed by atoms with Crippen molar-refractivity contribution in [2.24, 2.45) is 10.9 Å². The Bertz CT molecular complexity index is 1290. The summed E-state index contributed by atoms with van der Waals surface area (Å²) in [4.78, 5) is 18.1. The van der Waals surface area contributed by atoms with E-state index < -0.39 is 17.4 Å². The summed E-state index contributed by atoms with van der Waals surface area (Å²) < 4.78 is 36.0. The standard InChI is InChI=1S/C27H30F2N6O/c1-16-10-18-12-21(28)26(25(29)20(18)11-16)36-24-14-23(35-8-6-34(2)7-9-35)32-27(33-24)31-22-13-19(15-30-22)17-4-3-5-17/h11-14,17H,3-10,15H2,1-2H3,(H,30,31,32,33). The van der Waals surface area contributed by atoms with Crippen molar-refractivity contribution >= 4 is 23.7 Å². The number of benzene rings is 1. The first-order valence-electron chi connectivity index (χ1n) is 12.6. The molecule has 4 aliphatic rings. The molecule has 6 rings (SSSR count). The number of hydrogen-bond acceptors (Lipinski definition) is 7. The first-order chi connectivity index (χ1) is 17.4. The molecule has 188 valence electrons. The van der Waals surface area contributed by atoms with Crippen LogP contribution in [0.5, 0.6) is 11.6 Å². The molecule has 1 aromatic heterocycles. The van der Waals surface area contributed by atoms with Crippen LogP contribution >= 0.6 is 0 Å². The maximum Gasteiger partial charge on any atom is 0.233 e. The largest absolute Gasteiger partial charge is 0.433 e. The van der Waals surface area contributed by atoms with Gasteiger partial charge in [-0.3, -0.25) is 4.99 Å². The third kappa shape index (κ3) is 4.48. The van der Waals surface area contributed by atoms with E-state index in [1.807, 2.05) is 6.92 Å². The first kappa shape index (κ1) is 23.1. The fourth-order valence-corrected chi connectivity index (χ4v) is 5.14. The highest BCUT2D eigenvalue weighted by Gasteiger charge is 2.26. The molecule has 36 heavy (non-hydrogen) atoms. The number of rotatable bonds is 5. The number of aromatic nitrogens is 2. The van der Waals surface area contributed by atoms with Gasteiger partial charge in [-0.1, -0.05) is 18.1 Å². The van der Waals surface area contributed by atoms with Crippen LogP contribution in [-0.2, 0) is 6.42 Å². The number of allylic oxidation sites excluding steroid dienone is 1. The Morgan fingerprint density at radius 3 is 2.61 bits per heavy atom. The second-order valence-corrected chi connectivity index (χ2v) is 10.2. The van der Waals surface area contributed by atoms with Crippen LogP contribution in [0.2, 0.25) is 0 Å². The molecular weight excluding hydrogens is 462 g/mol. The van der Waals surface area contributed by atoms with Crippen molar-refractivity contribution in [2.75, 3.05) is 50.0 Å². The zero-order chi connectivity index (χ0) is 24.8. The average molecular weight is 493 g/mol. The Morgan fingerprint density at radius 1 is 1.06 bits per heavy atom. The summed E-state index contributed by atoms with van der Waals surface area (Å²) in [7, 11) is 2.08. The lowest BCUT2D eigenvalue weighted by atomic mass is 9.80. The van der Waals surface area contributed by atoms with Crippen LogP contribution in [0.25, 0.3) is 6.08 Å². The normalized spacial score (nSPS) is 20.0. The van der Waals surface area contributed by atoms with Crippen LogP contribution in [-0.4, -0.2) is 60.5 Å². The summed E-state index contributed by atoms with van der Waals surface area (Å²) in [5, 5.41) is 3.20. The summed E-state index contributed by atoms with van der Waals surface area (Å²) in [5.74, 6) is 0.459. The van der Waals surface area contributed by atoms with E-state index >= 15 is 4.39 Å². The smallest absolute Gasteiger partial charge is 0.233 e. The van der Waals surface area contributed by atoms with Gasteiger partial charge >= 0.3 is 0 Å². The first-order valence-corrected chi connectivity index (χ1v) is 12.6.